The van der Waals surface area contributed by atoms with Crippen molar-refractivity contribution in [3.63, 3.8) is 0 Å². The number of carboxylic acids is 1. The van der Waals surface area contributed by atoms with Gasteiger partial charge in [0.2, 0.25) is 0 Å². The van der Waals surface area contributed by atoms with E-state index < -0.39 is 70.9 Å². The Morgan fingerprint density at radius 2 is 1.04 bits per heavy atom. The number of ether oxygens (including phenoxy) is 2. The SMILES string of the molecule is CC(Cc1ccc(OC(=O)c2cccc(CO[N+](=O)[O-])c2)c(OC(=O)c2cccc(CO[N+](=O)[O-])c2)c1)(NC(=O)c1cccc(CO[N+](=O)[O-])c1)C(=O)O. The second-order valence-corrected chi connectivity index (χ2v) is 11.4. The van der Waals surface area contributed by atoms with Crippen molar-refractivity contribution in [1.29, 1.82) is 0 Å². The van der Waals surface area contributed by atoms with Gasteiger partial charge in [-0.3, -0.25) is 4.79 Å². The van der Waals surface area contributed by atoms with E-state index in [2.05, 4.69) is 19.8 Å². The molecule has 4 aromatic rings. The molecule has 1 unspecified atom stereocenters. The van der Waals surface area contributed by atoms with E-state index in [1.54, 1.807) is 0 Å². The fourth-order valence-corrected chi connectivity index (χ4v) is 4.81. The van der Waals surface area contributed by atoms with Gasteiger partial charge in [-0.1, -0.05) is 42.5 Å². The molecule has 54 heavy (non-hydrogen) atoms. The number of benzene rings is 4. The molecule has 0 saturated carbocycles. The molecule has 0 aliphatic rings. The van der Waals surface area contributed by atoms with E-state index in [1.165, 1.54) is 97.9 Å². The molecule has 4 aromatic carbocycles. The highest BCUT2D eigenvalue weighted by Gasteiger charge is 2.36. The van der Waals surface area contributed by atoms with Crippen LogP contribution < -0.4 is 14.8 Å². The summed E-state index contributed by atoms with van der Waals surface area (Å²) in [7, 11) is 0. The van der Waals surface area contributed by atoms with Gasteiger partial charge < -0.3 is 34.4 Å². The summed E-state index contributed by atoms with van der Waals surface area (Å²) >= 11 is 0. The monoisotopic (exact) mass is 748 g/mol. The standard InChI is InChI=1S/C34H28N4O16/c1-34(33(42)43,35-30(39)25-8-2-5-22(13-25)18-50-36(44)45)17-21-11-12-28(53-31(40)26-9-3-6-23(14-26)19-51-37(46)47)29(16-21)54-32(41)27-10-4-7-24(15-27)20-52-38(48)49/h2-16H,17-20H2,1H3,(H,35,39)(H,42,43). The van der Waals surface area contributed by atoms with Crippen LogP contribution in [0.5, 0.6) is 11.5 Å². The maximum atomic E-state index is 13.3. The van der Waals surface area contributed by atoms with E-state index in [4.69, 9.17) is 9.47 Å². The largest absolute Gasteiger partial charge is 0.480 e. The first-order valence-electron chi connectivity index (χ1n) is 15.3. The van der Waals surface area contributed by atoms with Gasteiger partial charge in [0, 0.05) is 12.0 Å². The lowest BCUT2D eigenvalue weighted by atomic mass is 9.92. The molecule has 0 aliphatic carbocycles. The molecule has 1 atom stereocenters. The summed E-state index contributed by atoms with van der Waals surface area (Å²) in [4.78, 5) is 97.0. The number of amides is 1. The first kappa shape index (κ1) is 39.2. The van der Waals surface area contributed by atoms with Crippen molar-refractivity contribution in [2.24, 2.45) is 0 Å². The highest BCUT2D eigenvalue weighted by molar-refractivity contribution is 5.98. The lowest BCUT2D eigenvalue weighted by Gasteiger charge is -2.27. The van der Waals surface area contributed by atoms with E-state index in [0.29, 0.717) is 0 Å². The van der Waals surface area contributed by atoms with Crippen LogP contribution in [0.15, 0.2) is 91.0 Å². The maximum absolute atomic E-state index is 13.3. The van der Waals surface area contributed by atoms with Gasteiger partial charge in [0.25, 0.3) is 21.2 Å². The summed E-state index contributed by atoms with van der Waals surface area (Å²) < 4.78 is 11.1. The van der Waals surface area contributed by atoms with E-state index in [-0.39, 0.29) is 50.4 Å². The zero-order valence-corrected chi connectivity index (χ0v) is 27.9. The molecule has 0 aromatic heterocycles. The number of aliphatic carboxylic acids is 1. The molecular formula is C34H28N4O16. The average molecular weight is 749 g/mol. The predicted molar refractivity (Wildman–Crippen MR) is 178 cm³/mol. The Morgan fingerprint density at radius 3 is 1.48 bits per heavy atom. The molecule has 4 rings (SSSR count). The second kappa shape index (κ2) is 17.5. The molecule has 0 saturated heterocycles. The van der Waals surface area contributed by atoms with Gasteiger partial charge in [0.15, 0.2) is 11.5 Å². The summed E-state index contributed by atoms with van der Waals surface area (Å²) in [5, 5.41) is 41.4. The molecule has 280 valence electrons. The van der Waals surface area contributed by atoms with Gasteiger partial charge >= 0.3 is 17.9 Å². The van der Waals surface area contributed by atoms with Crippen LogP contribution in [0.3, 0.4) is 0 Å². The molecule has 0 heterocycles. The van der Waals surface area contributed by atoms with Crippen LogP contribution in [0, 0.1) is 30.3 Å². The minimum absolute atomic E-state index is 0.0244. The highest BCUT2D eigenvalue weighted by atomic mass is 17.0. The third-order valence-electron chi connectivity index (χ3n) is 7.36. The first-order chi connectivity index (χ1) is 25.6. The van der Waals surface area contributed by atoms with Gasteiger partial charge in [-0.2, -0.15) is 0 Å². The zero-order valence-electron chi connectivity index (χ0n) is 27.9. The molecular weight excluding hydrogens is 720 g/mol. The molecule has 0 bridgehead atoms. The number of hydrogen-bond acceptors (Lipinski definition) is 15. The minimum atomic E-state index is -2.00. The molecule has 20 heteroatoms. The highest BCUT2D eigenvalue weighted by Crippen LogP contribution is 2.32. The fourth-order valence-electron chi connectivity index (χ4n) is 4.81. The van der Waals surface area contributed by atoms with Crippen molar-refractivity contribution < 1.29 is 63.5 Å². The molecule has 0 aliphatic heterocycles. The van der Waals surface area contributed by atoms with Crippen molar-refractivity contribution in [3.05, 3.63) is 160 Å². The normalized spacial score (nSPS) is 11.6. The van der Waals surface area contributed by atoms with Crippen LogP contribution in [-0.4, -0.2) is 49.7 Å². The van der Waals surface area contributed by atoms with Crippen molar-refractivity contribution in [2.75, 3.05) is 0 Å². The van der Waals surface area contributed by atoms with Crippen LogP contribution in [0.25, 0.3) is 0 Å². The Morgan fingerprint density at radius 1 is 0.611 bits per heavy atom. The zero-order chi connectivity index (χ0) is 39.4. The number of carboxylic acid groups (broad SMARTS) is 1. The summed E-state index contributed by atoms with van der Waals surface area (Å²) in [6.07, 6.45) is -0.414. The molecule has 20 nitrogen and oxygen atoms in total. The number of carbonyl (C=O) groups is 4. The van der Waals surface area contributed by atoms with E-state index in [1.807, 2.05) is 0 Å². The number of hydrogen-bond donors (Lipinski definition) is 2. The lowest BCUT2D eigenvalue weighted by molar-refractivity contribution is -0.763. The quantitative estimate of drug-likeness (QED) is 0.0628. The number of esters is 2. The van der Waals surface area contributed by atoms with Crippen molar-refractivity contribution in [1.82, 2.24) is 5.32 Å². The first-order valence-corrected chi connectivity index (χ1v) is 15.3. The van der Waals surface area contributed by atoms with Gasteiger partial charge in [0.1, 0.15) is 25.4 Å². The van der Waals surface area contributed by atoms with E-state index >= 15 is 0 Å². The lowest BCUT2D eigenvalue weighted by Crippen LogP contribution is -2.53. The Labute approximate surface area is 303 Å². The molecule has 0 fully saturated rings. The Bertz CT molecular complexity index is 2110. The van der Waals surface area contributed by atoms with Gasteiger partial charge in [-0.25, -0.2) is 14.4 Å². The van der Waals surface area contributed by atoms with Crippen LogP contribution in [0.4, 0.5) is 0 Å². The molecule has 0 spiro atoms. The maximum Gasteiger partial charge on any atom is 0.343 e. The van der Waals surface area contributed by atoms with Crippen LogP contribution >= 0.6 is 0 Å². The minimum Gasteiger partial charge on any atom is -0.480 e. The summed E-state index contributed by atoms with van der Waals surface area (Å²) in [6.45, 7) is -0.186. The summed E-state index contributed by atoms with van der Waals surface area (Å²) in [5.41, 5.74) is -1.24. The van der Waals surface area contributed by atoms with Gasteiger partial charge in [0.05, 0.1) is 11.1 Å². The Kier molecular flexibility index (Phi) is 12.7. The van der Waals surface area contributed by atoms with Crippen molar-refractivity contribution >= 4 is 23.8 Å². The predicted octanol–water partition coefficient (Wildman–Crippen LogP) is 4.07. The Balaban J connectivity index is 1.64. The summed E-state index contributed by atoms with van der Waals surface area (Å²) in [6, 6.07) is 20.3. The van der Waals surface area contributed by atoms with Gasteiger partial charge in [-0.05, 0) is 77.7 Å². The van der Waals surface area contributed by atoms with Crippen molar-refractivity contribution in [3.8, 4) is 11.5 Å². The van der Waals surface area contributed by atoms with Crippen LogP contribution in [0.1, 0.15) is 60.3 Å². The molecule has 2 N–H and O–H groups in total. The summed E-state index contributed by atoms with van der Waals surface area (Å²) in [5.74, 6) is -4.98. The van der Waals surface area contributed by atoms with Crippen molar-refractivity contribution in [2.45, 2.75) is 38.7 Å². The third kappa shape index (κ3) is 11.2. The molecule has 0 radical (unpaired) electrons. The Hall–Kier alpha value is -7.64. The van der Waals surface area contributed by atoms with E-state index in [9.17, 15) is 54.6 Å². The third-order valence-corrected chi connectivity index (χ3v) is 7.36. The van der Waals surface area contributed by atoms with Gasteiger partial charge in [-0.15, -0.1) is 30.3 Å². The number of rotatable bonds is 18. The van der Waals surface area contributed by atoms with E-state index in [0.717, 1.165) is 0 Å². The number of carbonyl (C=O) groups excluding carboxylic acids is 3. The second-order valence-electron chi connectivity index (χ2n) is 11.4. The fraction of sp³-hybridized carbons (Fsp3) is 0.176. The van der Waals surface area contributed by atoms with Crippen LogP contribution in [-0.2, 0) is 45.5 Å². The molecule has 1 amide bonds. The average Bonchev–Trinajstić information content (AvgIpc) is 3.13. The van der Waals surface area contributed by atoms with Crippen LogP contribution in [0.2, 0.25) is 0 Å². The number of nitrogens with zero attached hydrogens (tertiary/aromatic N) is 3. The number of nitrogens with one attached hydrogen (secondary N) is 1. The smallest absolute Gasteiger partial charge is 0.343 e. The topological polar surface area (TPSA) is 276 Å².